The molecule has 1 atom stereocenters. The summed E-state index contributed by atoms with van der Waals surface area (Å²) in [6.07, 6.45) is 0. The molecule has 0 radical (unpaired) electrons. The Balaban J connectivity index is 3.00. The number of hydrogen-bond acceptors (Lipinski definition) is 6. The van der Waals surface area contributed by atoms with E-state index in [4.69, 9.17) is 4.74 Å². The van der Waals surface area contributed by atoms with Crippen LogP contribution in [-0.4, -0.2) is 40.7 Å². The molecule has 0 saturated heterocycles. The normalized spacial score (nSPS) is 12.9. The van der Waals surface area contributed by atoms with Crippen LogP contribution in [0.15, 0.2) is 23.1 Å². The molecule has 0 spiro atoms. The van der Waals surface area contributed by atoms with Gasteiger partial charge in [0.2, 0.25) is 10.0 Å². The predicted molar refractivity (Wildman–Crippen MR) is 78.9 cm³/mol. The lowest BCUT2D eigenvalue weighted by atomic mass is 10.2. The molecule has 0 aliphatic carbocycles. The van der Waals surface area contributed by atoms with Gasteiger partial charge in [-0.3, -0.25) is 10.1 Å². The van der Waals surface area contributed by atoms with Crippen LogP contribution in [0.1, 0.15) is 6.92 Å². The Kier molecular flexibility index (Phi) is 6.06. The van der Waals surface area contributed by atoms with Crippen molar-refractivity contribution in [2.75, 3.05) is 32.6 Å². The minimum atomic E-state index is -3.75. The first-order chi connectivity index (χ1) is 9.81. The van der Waals surface area contributed by atoms with Crippen LogP contribution in [0.4, 0.5) is 11.4 Å². The lowest BCUT2D eigenvalue weighted by molar-refractivity contribution is -0.384. The van der Waals surface area contributed by atoms with E-state index in [0.29, 0.717) is 6.61 Å². The highest BCUT2D eigenvalue weighted by Crippen LogP contribution is 2.25. The van der Waals surface area contributed by atoms with Crippen molar-refractivity contribution in [1.29, 1.82) is 0 Å². The Morgan fingerprint density at radius 2 is 2.10 bits per heavy atom. The van der Waals surface area contributed by atoms with Crippen molar-refractivity contribution in [3.8, 4) is 0 Å². The fraction of sp³-hybridized carbons (Fsp3) is 0.500. The number of nitro benzene ring substituents is 1. The van der Waals surface area contributed by atoms with Crippen LogP contribution in [0.3, 0.4) is 0 Å². The Bertz CT molecular complexity index is 603. The van der Waals surface area contributed by atoms with Crippen LogP contribution in [0.25, 0.3) is 0 Å². The highest BCUT2D eigenvalue weighted by Gasteiger charge is 2.21. The molecule has 118 valence electrons. The number of sulfonamides is 1. The monoisotopic (exact) mass is 317 g/mol. The van der Waals surface area contributed by atoms with Gasteiger partial charge in [0.05, 0.1) is 10.6 Å². The lowest BCUT2D eigenvalue weighted by Crippen LogP contribution is -2.30. The molecule has 0 aliphatic heterocycles. The van der Waals surface area contributed by atoms with E-state index in [1.54, 1.807) is 7.11 Å². The summed E-state index contributed by atoms with van der Waals surface area (Å²) in [7, 11) is -0.702. The van der Waals surface area contributed by atoms with E-state index >= 15 is 0 Å². The number of methoxy groups -OCH3 is 1. The van der Waals surface area contributed by atoms with E-state index in [1.807, 2.05) is 6.92 Å². The maximum atomic E-state index is 12.2. The predicted octanol–water partition coefficient (Wildman–Crippen LogP) is 1.20. The number of benzene rings is 1. The second kappa shape index (κ2) is 7.34. The first-order valence-electron chi connectivity index (χ1n) is 6.26. The largest absolute Gasteiger partial charge is 0.387 e. The maximum Gasteiger partial charge on any atom is 0.271 e. The molecule has 1 unspecified atom stereocenters. The minimum Gasteiger partial charge on any atom is -0.387 e. The van der Waals surface area contributed by atoms with Crippen molar-refractivity contribution >= 4 is 21.4 Å². The number of rotatable bonds is 8. The van der Waals surface area contributed by atoms with Gasteiger partial charge in [0.1, 0.15) is 4.90 Å². The third kappa shape index (κ3) is 4.66. The van der Waals surface area contributed by atoms with Gasteiger partial charge in [0, 0.05) is 39.4 Å². The summed E-state index contributed by atoms with van der Waals surface area (Å²) in [6.45, 7) is 2.50. The number of nitro groups is 1. The van der Waals surface area contributed by atoms with Gasteiger partial charge in [-0.1, -0.05) is 6.92 Å². The summed E-state index contributed by atoms with van der Waals surface area (Å²) < 4.78 is 31.9. The quantitative estimate of drug-likeness (QED) is 0.550. The number of anilines is 1. The number of nitrogens with zero attached hydrogens (tertiary/aromatic N) is 1. The molecule has 21 heavy (non-hydrogen) atoms. The molecule has 0 amide bonds. The van der Waals surface area contributed by atoms with Crippen molar-refractivity contribution in [3.63, 3.8) is 0 Å². The van der Waals surface area contributed by atoms with E-state index < -0.39 is 14.9 Å². The first-order valence-corrected chi connectivity index (χ1v) is 7.75. The van der Waals surface area contributed by atoms with Crippen LogP contribution in [0.5, 0.6) is 0 Å². The Hall–Kier alpha value is -1.71. The van der Waals surface area contributed by atoms with E-state index in [0.717, 1.165) is 6.07 Å². The summed E-state index contributed by atoms with van der Waals surface area (Å²) >= 11 is 0. The van der Waals surface area contributed by atoms with Crippen LogP contribution in [0, 0.1) is 16.0 Å². The van der Waals surface area contributed by atoms with E-state index in [1.165, 1.54) is 19.2 Å². The summed E-state index contributed by atoms with van der Waals surface area (Å²) in [6, 6.07) is 3.56. The van der Waals surface area contributed by atoms with Gasteiger partial charge in [-0.2, -0.15) is 0 Å². The van der Waals surface area contributed by atoms with Gasteiger partial charge in [-0.05, 0) is 12.0 Å². The molecular formula is C12H19N3O5S. The molecule has 0 fully saturated rings. The van der Waals surface area contributed by atoms with E-state index in [9.17, 15) is 18.5 Å². The Morgan fingerprint density at radius 1 is 1.43 bits per heavy atom. The maximum absolute atomic E-state index is 12.2. The molecule has 1 aromatic carbocycles. The number of nitrogens with one attached hydrogen (secondary N) is 2. The molecule has 0 bridgehead atoms. The molecule has 1 rings (SSSR count). The fourth-order valence-electron chi connectivity index (χ4n) is 1.73. The highest BCUT2D eigenvalue weighted by atomic mass is 32.2. The fourth-order valence-corrected chi connectivity index (χ4v) is 3.09. The highest BCUT2D eigenvalue weighted by molar-refractivity contribution is 7.89. The molecule has 9 heteroatoms. The Morgan fingerprint density at radius 3 is 2.62 bits per heavy atom. The minimum absolute atomic E-state index is 0.0147. The van der Waals surface area contributed by atoms with Crippen molar-refractivity contribution in [3.05, 3.63) is 28.3 Å². The van der Waals surface area contributed by atoms with Crippen molar-refractivity contribution in [2.24, 2.45) is 5.92 Å². The average molecular weight is 317 g/mol. The van der Waals surface area contributed by atoms with Crippen molar-refractivity contribution < 1.29 is 18.1 Å². The van der Waals surface area contributed by atoms with Crippen molar-refractivity contribution in [1.82, 2.24) is 4.72 Å². The number of ether oxygens (including phenoxy) is 1. The van der Waals surface area contributed by atoms with Gasteiger partial charge >= 0.3 is 0 Å². The zero-order valence-corrected chi connectivity index (χ0v) is 12.9. The van der Waals surface area contributed by atoms with Crippen molar-refractivity contribution in [2.45, 2.75) is 11.8 Å². The van der Waals surface area contributed by atoms with Gasteiger partial charge in [0.25, 0.3) is 5.69 Å². The molecular weight excluding hydrogens is 298 g/mol. The number of non-ortho nitro benzene ring substituents is 1. The third-order valence-electron chi connectivity index (χ3n) is 2.81. The lowest BCUT2D eigenvalue weighted by Gasteiger charge is -2.14. The standard InChI is InChI=1S/C12H19N3O5S/c1-9(8-20-3)7-14-21(18,19)12-5-4-10(15(16)17)6-11(12)13-2/h4-6,9,13-14H,7-8H2,1-3H3. The summed E-state index contributed by atoms with van der Waals surface area (Å²) in [5, 5.41) is 13.4. The van der Waals surface area contributed by atoms with Crippen LogP contribution >= 0.6 is 0 Å². The SMILES string of the molecule is CNc1cc([N+](=O)[O-])ccc1S(=O)(=O)NCC(C)COC. The zero-order chi connectivity index (χ0) is 16.0. The van der Waals surface area contributed by atoms with Crippen LogP contribution < -0.4 is 10.0 Å². The van der Waals surface area contributed by atoms with E-state index in [-0.39, 0.29) is 28.7 Å². The second-order valence-corrected chi connectivity index (χ2v) is 6.34. The summed E-state index contributed by atoms with van der Waals surface area (Å²) in [4.78, 5) is 10.1. The third-order valence-corrected chi connectivity index (χ3v) is 4.29. The summed E-state index contributed by atoms with van der Waals surface area (Å²) in [5.74, 6) is 0.0147. The van der Waals surface area contributed by atoms with Gasteiger partial charge < -0.3 is 10.1 Å². The zero-order valence-electron chi connectivity index (χ0n) is 12.1. The van der Waals surface area contributed by atoms with Crippen LogP contribution in [0.2, 0.25) is 0 Å². The van der Waals surface area contributed by atoms with Crippen LogP contribution in [-0.2, 0) is 14.8 Å². The molecule has 0 aliphatic rings. The first kappa shape index (κ1) is 17.3. The molecule has 2 N–H and O–H groups in total. The average Bonchev–Trinajstić information content (AvgIpc) is 2.44. The molecule has 0 saturated carbocycles. The van der Waals surface area contributed by atoms with Gasteiger partial charge in [0.15, 0.2) is 0 Å². The molecule has 1 aromatic rings. The van der Waals surface area contributed by atoms with Gasteiger partial charge in [-0.25, -0.2) is 13.1 Å². The Labute approximate surface area is 123 Å². The molecule has 0 heterocycles. The smallest absolute Gasteiger partial charge is 0.271 e. The number of hydrogen-bond donors (Lipinski definition) is 2. The van der Waals surface area contributed by atoms with Gasteiger partial charge in [-0.15, -0.1) is 0 Å². The van der Waals surface area contributed by atoms with E-state index in [2.05, 4.69) is 10.0 Å². The topological polar surface area (TPSA) is 111 Å². The second-order valence-electron chi connectivity index (χ2n) is 4.60. The summed E-state index contributed by atoms with van der Waals surface area (Å²) in [5.41, 5.74) is 0.00199. The molecule has 0 aromatic heterocycles. The molecule has 8 nitrogen and oxygen atoms in total.